The number of carbonyl (C=O) groups excluding carboxylic acids is 3. The van der Waals surface area contributed by atoms with E-state index in [1.54, 1.807) is 29.1 Å². The van der Waals surface area contributed by atoms with Gasteiger partial charge in [-0.05, 0) is 43.7 Å². The summed E-state index contributed by atoms with van der Waals surface area (Å²) in [7, 11) is 1.35. The van der Waals surface area contributed by atoms with Crippen LogP contribution in [0.25, 0.3) is 0 Å². The minimum Gasteiger partial charge on any atom is -0.465 e. The van der Waals surface area contributed by atoms with Crippen LogP contribution in [0.5, 0.6) is 0 Å². The number of hydrogen-bond acceptors (Lipinski definition) is 5. The molecule has 0 unspecified atom stereocenters. The molecule has 27 heavy (non-hydrogen) atoms. The van der Waals surface area contributed by atoms with Crippen molar-refractivity contribution in [2.24, 2.45) is 5.92 Å². The second-order valence-corrected chi connectivity index (χ2v) is 8.02. The predicted molar refractivity (Wildman–Crippen MR) is 102 cm³/mol. The van der Waals surface area contributed by atoms with E-state index in [2.05, 4.69) is 12.2 Å². The van der Waals surface area contributed by atoms with Crippen LogP contribution >= 0.6 is 11.3 Å². The third-order valence-corrected chi connectivity index (χ3v) is 5.91. The number of ether oxygens (including phenoxy) is 1. The van der Waals surface area contributed by atoms with Gasteiger partial charge >= 0.3 is 5.97 Å². The van der Waals surface area contributed by atoms with Crippen LogP contribution in [-0.2, 0) is 28.9 Å². The highest BCUT2D eigenvalue weighted by atomic mass is 32.1. The molecular formula is C20H23N2O4S+. The van der Waals surface area contributed by atoms with E-state index in [1.807, 2.05) is 0 Å². The van der Waals surface area contributed by atoms with Gasteiger partial charge in [0.2, 0.25) is 6.54 Å². The standard InChI is InChI=1S/C20H22N2O4S/c1-12-6-7-15-16(9-12)27-19(18(15)20(25)26-3)21-17(24)11-22-8-4-5-14(10-22)13(2)23/h4-5,8,10,12H,6-7,9,11H2,1-3H3/p+1/t12-/m0/s1. The first-order valence-corrected chi connectivity index (χ1v) is 9.73. The van der Waals surface area contributed by atoms with Gasteiger partial charge in [-0.25, -0.2) is 4.79 Å². The number of aromatic nitrogens is 1. The van der Waals surface area contributed by atoms with Gasteiger partial charge in [-0.2, -0.15) is 4.57 Å². The molecule has 3 rings (SSSR count). The molecule has 1 aliphatic rings. The number of pyridine rings is 1. The maximum Gasteiger partial charge on any atom is 0.341 e. The molecule has 0 saturated heterocycles. The predicted octanol–water partition coefficient (Wildman–Crippen LogP) is 2.79. The topological polar surface area (TPSA) is 76.3 Å². The first-order valence-electron chi connectivity index (χ1n) is 8.91. The zero-order valence-electron chi connectivity index (χ0n) is 15.7. The lowest BCUT2D eigenvalue weighted by molar-refractivity contribution is -0.684. The van der Waals surface area contributed by atoms with Gasteiger partial charge in [0.05, 0.1) is 18.2 Å². The van der Waals surface area contributed by atoms with Crippen molar-refractivity contribution >= 4 is 34.0 Å². The zero-order chi connectivity index (χ0) is 19.6. The van der Waals surface area contributed by atoms with Crippen molar-refractivity contribution in [1.29, 1.82) is 0 Å². The lowest BCUT2D eigenvalue weighted by Crippen LogP contribution is -2.40. The van der Waals surface area contributed by atoms with Gasteiger partial charge in [0, 0.05) is 10.9 Å². The SMILES string of the molecule is COC(=O)c1c(NC(=O)C[n+]2cccc(C(C)=O)c2)sc2c1CC[C@H](C)C2. The average molecular weight is 387 g/mol. The number of anilines is 1. The Balaban J connectivity index is 1.82. The Kier molecular flexibility index (Phi) is 5.70. The first kappa shape index (κ1) is 19.2. The minimum absolute atomic E-state index is 0.0563. The molecule has 0 fully saturated rings. The van der Waals surface area contributed by atoms with Gasteiger partial charge in [-0.3, -0.25) is 9.59 Å². The Labute approximate surface area is 162 Å². The maximum atomic E-state index is 12.5. The number of methoxy groups -OCH3 is 1. The summed E-state index contributed by atoms with van der Waals surface area (Å²) < 4.78 is 6.60. The van der Waals surface area contributed by atoms with Gasteiger partial charge in [0.1, 0.15) is 5.00 Å². The normalized spacial score (nSPS) is 15.7. The summed E-state index contributed by atoms with van der Waals surface area (Å²) in [6.07, 6.45) is 6.13. The lowest BCUT2D eigenvalue weighted by atomic mass is 9.88. The van der Waals surface area contributed by atoms with Crippen molar-refractivity contribution < 1.29 is 23.7 Å². The van der Waals surface area contributed by atoms with Gasteiger partial charge in [-0.15, -0.1) is 11.3 Å². The Morgan fingerprint density at radius 3 is 2.85 bits per heavy atom. The number of rotatable bonds is 5. The highest BCUT2D eigenvalue weighted by Crippen LogP contribution is 2.39. The first-order chi connectivity index (χ1) is 12.9. The number of thiophene rings is 1. The number of nitrogens with zero attached hydrogens (tertiary/aromatic N) is 1. The van der Waals surface area contributed by atoms with Gasteiger partial charge < -0.3 is 10.1 Å². The van der Waals surface area contributed by atoms with Gasteiger partial charge in [-0.1, -0.05) is 6.92 Å². The third-order valence-electron chi connectivity index (χ3n) is 4.75. The smallest absolute Gasteiger partial charge is 0.341 e. The minimum atomic E-state index is -0.413. The number of Topliss-reactive ketones (excluding diaryl/α,β-unsaturated/α-hetero) is 1. The van der Waals surface area contributed by atoms with Crippen LogP contribution in [-0.4, -0.2) is 24.8 Å². The largest absolute Gasteiger partial charge is 0.465 e. The van der Waals surface area contributed by atoms with Crippen molar-refractivity contribution in [3.05, 3.63) is 46.1 Å². The molecule has 0 aromatic carbocycles. The highest BCUT2D eigenvalue weighted by Gasteiger charge is 2.29. The van der Waals surface area contributed by atoms with E-state index in [4.69, 9.17) is 4.74 Å². The molecule has 0 saturated carbocycles. The molecule has 0 spiro atoms. The Hall–Kier alpha value is -2.54. The fraction of sp³-hybridized carbons (Fsp3) is 0.400. The van der Waals surface area contributed by atoms with E-state index in [1.165, 1.54) is 25.4 Å². The number of nitrogens with one attached hydrogen (secondary N) is 1. The van der Waals surface area contributed by atoms with Gasteiger partial charge in [0.25, 0.3) is 5.91 Å². The Morgan fingerprint density at radius 1 is 1.37 bits per heavy atom. The van der Waals surface area contributed by atoms with Crippen molar-refractivity contribution in [3.8, 4) is 0 Å². The molecule has 1 atom stereocenters. The maximum absolute atomic E-state index is 12.5. The van der Waals surface area contributed by atoms with Crippen LogP contribution in [0.1, 0.15) is 51.4 Å². The molecule has 1 amide bonds. The van der Waals surface area contributed by atoms with Crippen LogP contribution in [0.2, 0.25) is 0 Å². The third kappa shape index (κ3) is 4.24. The van der Waals surface area contributed by atoms with E-state index in [0.29, 0.717) is 22.0 Å². The fourth-order valence-electron chi connectivity index (χ4n) is 3.32. The molecule has 2 aromatic heterocycles. The zero-order valence-corrected chi connectivity index (χ0v) is 16.5. The van der Waals surface area contributed by atoms with Crippen LogP contribution in [0, 0.1) is 5.92 Å². The second kappa shape index (κ2) is 8.00. The van der Waals surface area contributed by atoms with E-state index in [9.17, 15) is 14.4 Å². The molecule has 6 nitrogen and oxygen atoms in total. The van der Waals surface area contributed by atoms with E-state index in [0.717, 1.165) is 29.7 Å². The summed E-state index contributed by atoms with van der Waals surface area (Å²) in [4.78, 5) is 37.5. The van der Waals surface area contributed by atoms with Crippen LogP contribution in [0.3, 0.4) is 0 Å². The van der Waals surface area contributed by atoms with Crippen molar-refractivity contribution in [2.75, 3.05) is 12.4 Å². The number of hydrogen-bond donors (Lipinski definition) is 1. The fourth-order valence-corrected chi connectivity index (χ4v) is 4.73. The molecule has 1 N–H and O–H groups in total. The highest BCUT2D eigenvalue weighted by molar-refractivity contribution is 7.17. The van der Waals surface area contributed by atoms with E-state index >= 15 is 0 Å². The summed E-state index contributed by atoms with van der Waals surface area (Å²) in [5.74, 6) is -0.158. The quantitative estimate of drug-likeness (QED) is 0.486. The van der Waals surface area contributed by atoms with Crippen LogP contribution in [0.15, 0.2) is 24.5 Å². The second-order valence-electron chi connectivity index (χ2n) is 6.92. The number of ketones is 1. The van der Waals surface area contributed by atoms with Crippen LogP contribution < -0.4 is 9.88 Å². The monoisotopic (exact) mass is 387 g/mol. The van der Waals surface area contributed by atoms with Crippen molar-refractivity contribution in [1.82, 2.24) is 0 Å². The van der Waals surface area contributed by atoms with Crippen molar-refractivity contribution in [2.45, 2.75) is 39.7 Å². The molecule has 0 aliphatic heterocycles. The Morgan fingerprint density at radius 2 is 2.15 bits per heavy atom. The summed E-state index contributed by atoms with van der Waals surface area (Å²) >= 11 is 1.46. The lowest BCUT2D eigenvalue weighted by Gasteiger charge is -2.18. The summed E-state index contributed by atoms with van der Waals surface area (Å²) in [5, 5.41) is 3.42. The van der Waals surface area contributed by atoms with Crippen molar-refractivity contribution in [3.63, 3.8) is 0 Å². The molecular weight excluding hydrogens is 364 g/mol. The molecule has 0 radical (unpaired) electrons. The van der Waals surface area contributed by atoms with Gasteiger partial charge in [0.15, 0.2) is 18.2 Å². The summed E-state index contributed by atoms with van der Waals surface area (Å²) in [6, 6.07) is 3.44. The van der Waals surface area contributed by atoms with Crippen LogP contribution in [0.4, 0.5) is 5.00 Å². The van der Waals surface area contributed by atoms with E-state index in [-0.39, 0.29) is 18.2 Å². The Bertz CT molecular complexity index is 903. The molecule has 2 heterocycles. The number of amides is 1. The number of carbonyl (C=O) groups is 3. The molecule has 7 heteroatoms. The molecule has 142 valence electrons. The van der Waals surface area contributed by atoms with E-state index < -0.39 is 5.97 Å². The molecule has 2 aromatic rings. The number of esters is 1. The summed E-state index contributed by atoms with van der Waals surface area (Å²) in [6.45, 7) is 3.73. The average Bonchev–Trinajstić information content (AvgIpc) is 2.97. The molecule has 1 aliphatic carbocycles. The number of fused-ring (bicyclic) bond motifs is 1. The summed E-state index contributed by atoms with van der Waals surface area (Å²) in [5.41, 5.74) is 2.04. The molecule has 0 bridgehead atoms.